The average molecular weight is 705 g/mol. The lowest BCUT2D eigenvalue weighted by Crippen LogP contribution is -2.48. The first-order valence-electron chi connectivity index (χ1n) is 17.1. The van der Waals surface area contributed by atoms with Crippen molar-refractivity contribution in [1.29, 1.82) is 16.2 Å². The van der Waals surface area contributed by atoms with E-state index in [1.54, 1.807) is 6.92 Å². The predicted molar refractivity (Wildman–Crippen MR) is 195 cm³/mol. The van der Waals surface area contributed by atoms with E-state index in [0.29, 0.717) is 30.9 Å². The molecule has 3 aromatic carbocycles. The maximum absolute atomic E-state index is 14.9. The number of halogens is 2. The predicted octanol–water partition coefficient (Wildman–Crippen LogP) is 5.40. The molecule has 2 fully saturated rings. The molecule has 5 rings (SSSR count). The molecule has 2 aliphatic heterocycles. The number of hydrogen-bond acceptors (Lipinski definition) is 9. The van der Waals surface area contributed by atoms with Crippen molar-refractivity contribution in [3.8, 4) is 5.75 Å². The number of benzene rings is 3. The van der Waals surface area contributed by atoms with Gasteiger partial charge in [0.05, 0.1) is 56.6 Å². The van der Waals surface area contributed by atoms with Crippen molar-refractivity contribution in [2.45, 2.75) is 44.4 Å². The van der Waals surface area contributed by atoms with E-state index in [-0.39, 0.29) is 24.6 Å². The third-order valence-corrected chi connectivity index (χ3v) is 9.54. The minimum absolute atomic E-state index is 0.0411. The van der Waals surface area contributed by atoms with Gasteiger partial charge in [0.1, 0.15) is 23.0 Å². The first kappa shape index (κ1) is 37.2. The standard InChI is InChI=1S/C37H46F2N8O4/c1-3-35(26(2)48)43-36(49)47(25-42)31-7-5-29(6-8-31)45-14-16-46(17-15-45)30-9-11-32(12-10-30)50-20-27-19-37(51-21-27,22-44(23-40)24-41)33-13-4-28(38)18-34(33)39/h4-13,18,23-27,35,40-42,48H,3,14-17,19-22H2,1-2H3,(H,43,49)/t26-,27+,35-,37-/m0/s1. The summed E-state index contributed by atoms with van der Waals surface area (Å²) in [4.78, 5) is 19.8. The molecule has 4 atom stereocenters. The lowest BCUT2D eigenvalue weighted by molar-refractivity contribution is -0.0103. The van der Waals surface area contributed by atoms with Gasteiger partial charge in [-0.1, -0.05) is 13.0 Å². The normalized spacial score (nSPS) is 19.9. The molecule has 0 radical (unpaired) electrons. The monoisotopic (exact) mass is 704 g/mol. The number of ether oxygens (including phenoxy) is 2. The zero-order valence-corrected chi connectivity index (χ0v) is 28.9. The van der Waals surface area contributed by atoms with Crippen LogP contribution in [0.15, 0.2) is 66.7 Å². The highest BCUT2D eigenvalue weighted by Crippen LogP contribution is 2.41. The van der Waals surface area contributed by atoms with Gasteiger partial charge in [0.15, 0.2) is 0 Å². The van der Waals surface area contributed by atoms with Crippen LogP contribution >= 0.6 is 0 Å². The molecule has 0 aromatic heterocycles. The van der Waals surface area contributed by atoms with Crippen LogP contribution in [0.2, 0.25) is 0 Å². The zero-order valence-electron chi connectivity index (χ0n) is 28.9. The molecule has 14 heteroatoms. The lowest BCUT2D eigenvalue weighted by Gasteiger charge is -2.37. The molecule has 0 aliphatic carbocycles. The molecule has 0 unspecified atom stereocenters. The minimum Gasteiger partial charge on any atom is -0.493 e. The van der Waals surface area contributed by atoms with E-state index in [1.165, 1.54) is 21.9 Å². The number of carbonyl (C=O) groups is 1. The molecule has 272 valence electrons. The maximum atomic E-state index is 14.9. The number of aliphatic hydroxyl groups excluding tert-OH is 1. The summed E-state index contributed by atoms with van der Waals surface area (Å²) in [5.41, 5.74) is 1.68. The van der Waals surface area contributed by atoms with Crippen molar-refractivity contribution in [2.75, 3.05) is 60.6 Å². The third kappa shape index (κ3) is 8.81. The van der Waals surface area contributed by atoms with Gasteiger partial charge >= 0.3 is 6.03 Å². The Hall–Kier alpha value is -5.08. The van der Waals surface area contributed by atoms with E-state index < -0.39 is 35.4 Å². The smallest absolute Gasteiger partial charge is 0.327 e. The van der Waals surface area contributed by atoms with Crippen molar-refractivity contribution < 1.29 is 28.2 Å². The molecule has 0 bridgehead atoms. The lowest BCUT2D eigenvalue weighted by atomic mass is 9.86. The number of rotatable bonds is 15. The molecule has 2 heterocycles. The van der Waals surface area contributed by atoms with E-state index in [2.05, 4.69) is 15.1 Å². The van der Waals surface area contributed by atoms with Gasteiger partial charge in [-0.15, -0.1) is 0 Å². The molecule has 12 nitrogen and oxygen atoms in total. The Morgan fingerprint density at radius 1 is 1.00 bits per heavy atom. The summed E-state index contributed by atoms with van der Waals surface area (Å²) >= 11 is 0. The topological polar surface area (TPSA) is 152 Å². The largest absolute Gasteiger partial charge is 0.493 e. The molecular weight excluding hydrogens is 658 g/mol. The van der Waals surface area contributed by atoms with Crippen molar-refractivity contribution in [1.82, 2.24) is 10.2 Å². The van der Waals surface area contributed by atoms with E-state index in [9.17, 15) is 18.7 Å². The van der Waals surface area contributed by atoms with Crippen LogP contribution in [0.1, 0.15) is 32.3 Å². The van der Waals surface area contributed by atoms with Gasteiger partial charge in [-0.2, -0.15) is 0 Å². The number of amides is 2. The molecule has 0 spiro atoms. The summed E-state index contributed by atoms with van der Waals surface area (Å²) in [5, 5.41) is 35.6. The second-order valence-electron chi connectivity index (χ2n) is 12.9. The van der Waals surface area contributed by atoms with Crippen LogP contribution in [-0.2, 0) is 10.3 Å². The van der Waals surface area contributed by atoms with Crippen LogP contribution < -0.4 is 24.8 Å². The Bertz CT molecular complexity index is 1650. The maximum Gasteiger partial charge on any atom is 0.327 e. The van der Waals surface area contributed by atoms with E-state index in [0.717, 1.165) is 62.6 Å². The molecule has 0 saturated carbocycles. The zero-order chi connectivity index (χ0) is 36.5. The van der Waals surface area contributed by atoms with Crippen LogP contribution in [0.3, 0.4) is 0 Å². The van der Waals surface area contributed by atoms with Crippen molar-refractivity contribution in [2.24, 2.45) is 5.92 Å². The molecule has 3 aromatic rings. The number of nitrogens with one attached hydrogen (secondary N) is 4. The van der Waals surface area contributed by atoms with Crippen molar-refractivity contribution in [3.63, 3.8) is 0 Å². The second kappa shape index (κ2) is 16.8. The average Bonchev–Trinajstić information content (AvgIpc) is 3.56. The fraction of sp³-hybridized carbons (Fsp3) is 0.405. The Balaban J connectivity index is 1.13. The molecule has 2 saturated heterocycles. The SMILES string of the molecule is CC[C@H](NC(=O)N(C=N)c1ccc(N2CCN(c3ccc(OC[C@@H]4CO[C@@](CN(C=N)C=N)(c5ccc(F)cc5F)C4)cc3)CC2)cc1)[C@H](C)O. The quantitative estimate of drug-likeness (QED) is 0.105. The third-order valence-electron chi connectivity index (χ3n) is 9.54. The number of nitrogens with zero attached hydrogens (tertiary/aromatic N) is 4. The summed E-state index contributed by atoms with van der Waals surface area (Å²) in [6.45, 7) is 7.35. The Morgan fingerprint density at radius 2 is 1.61 bits per heavy atom. The van der Waals surface area contributed by atoms with E-state index >= 15 is 0 Å². The van der Waals surface area contributed by atoms with Gasteiger partial charge < -0.3 is 34.6 Å². The van der Waals surface area contributed by atoms with Crippen molar-refractivity contribution >= 4 is 42.1 Å². The van der Waals surface area contributed by atoms with Crippen LogP contribution in [-0.4, -0.2) is 93.1 Å². The first-order valence-corrected chi connectivity index (χ1v) is 17.1. The molecule has 51 heavy (non-hydrogen) atoms. The minimum atomic E-state index is -1.16. The number of aliphatic hydroxyl groups is 1. The summed E-state index contributed by atoms with van der Waals surface area (Å²) in [6.07, 6.45) is 3.16. The second-order valence-corrected chi connectivity index (χ2v) is 12.9. The Labute approximate surface area is 297 Å². The summed E-state index contributed by atoms with van der Waals surface area (Å²) in [6, 6.07) is 17.9. The molecule has 5 N–H and O–H groups in total. The van der Waals surface area contributed by atoms with Gasteiger partial charge in [-0.25, -0.2) is 13.6 Å². The highest BCUT2D eigenvalue weighted by atomic mass is 19.1. The fourth-order valence-corrected chi connectivity index (χ4v) is 6.69. The van der Waals surface area contributed by atoms with Gasteiger partial charge in [0.2, 0.25) is 0 Å². The van der Waals surface area contributed by atoms with E-state index in [4.69, 9.17) is 25.7 Å². The number of piperazine rings is 1. The van der Waals surface area contributed by atoms with Gasteiger partial charge in [-0.05, 0) is 74.4 Å². The Kier molecular flexibility index (Phi) is 12.2. The number of hydrogen-bond donors (Lipinski definition) is 5. The van der Waals surface area contributed by atoms with Gasteiger partial charge in [0, 0.05) is 55.1 Å². The number of carbonyl (C=O) groups excluding carboxylic acids is 1. The molecule has 2 aliphatic rings. The highest BCUT2D eigenvalue weighted by molar-refractivity contribution is 6.06. The number of urea groups is 1. The van der Waals surface area contributed by atoms with Crippen molar-refractivity contribution in [3.05, 3.63) is 83.9 Å². The summed E-state index contributed by atoms with van der Waals surface area (Å²) in [7, 11) is 0. The van der Waals surface area contributed by atoms with E-state index in [1.807, 2.05) is 55.5 Å². The summed E-state index contributed by atoms with van der Waals surface area (Å²) in [5.74, 6) is -0.823. The van der Waals surface area contributed by atoms with Gasteiger partial charge in [0.25, 0.3) is 0 Å². The van der Waals surface area contributed by atoms with Crippen LogP contribution in [0.4, 0.5) is 30.6 Å². The first-order chi connectivity index (χ1) is 24.6. The van der Waals surface area contributed by atoms with Crippen LogP contribution in [0, 0.1) is 33.8 Å². The molecule has 2 amide bonds. The molecular formula is C37H46F2N8O4. The van der Waals surface area contributed by atoms with Crippen LogP contribution in [0.5, 0.6) is 5.75 Å². The van der Waals surface area contributed by atoms with Crippen LogP contribution in [0.25, 0.3) is 0 Å². The van der Waals surface area contributed by atoms with Gasteiger partial charge in [-0.3, -0.25) is 21.1 Å². The summed E-state index contributed by atoms with van der Waals surface area (Å²) < 4.78 is 40.8. The Morgan fingerprint density at radius 3 is 2.14 bits per heavy atom. The number of anilines is 3. The highest BCUT2D eigenvalue weighted by Gasteiger charge is 2.45. The fourth-order valence-electron chi connectivity index (χ4n) is 6.69.